The second-order valence-corrected chi connectivity index (χ2v) is 7.65. The van der Waals surface area contributed by atoms with Crippen molar-refractivity contribution in [3.63, 3.8) is 0 Å². The number of thiophene rings is 1. The number of ether oxygens (including phenoxy) is 1. The topological polar surface area (TPSA) is 58.6 Å². The van der Waals surface area contributed by atoms with Gasteiger partial charge in [-0.2, -0.15) is 0 Å². The van der Waals surface area contributed by atoms with Crippen LogP contribution in [0.4, 0.5) is 0 Å². The highest BCUT2D eigenvalue weighted by Gasteiger charge is 2.30. The van der Waals surface area contributed by atoms with E-state index in [0.29, 0.717) is 12.2 Å². The van der Waals surface area contributed by atoms with Crippen molar-refractivity contribution in [1.29, 1.82) is 0 Å². The standard InChI is InChI=1S/C21H26N2O3S/c1-2-3-13-26-17-10-8-16(9-11-17)21(25)22-15-20(24)23-12-4-6-18(23)19-7-5-14-27-19/h5,7-11,14,18H,2-4,6,12-13,15H2,1H3,(H,22,25). The number of carbonyl (C=O) groups excluding carboxylic acids is 2. The molecule has 144 valence electrons. The molecule has 1 atom stereocenters. The first-order valence-electron chi connectivity index (χ1n) is 9.53. The van der Waals surface area contributed by atoms with Crippen LogP contribution in [0.2, 0.25) is 0 Å². The third-order valence-electron chi connectivity index (χ3n) is 4.73. The highest BCUT2D eigenvalue weighted by molar-refractivity contribution is 7.10. The molecule has 1 aromatic carbocycles. The molecule has 27 heavy (non-hydrogen) atoms. The van der Waals surface area contributed by atoms with Crippen LogP contribution >= 0.6 is 11.3 Å². The van der Waals surface area contributed by atoms with E-state index in [4.69, 9.17) is 4.74 Å². The molecule has 5 nitrogen and oxygen atoms in total. The molecular weight excluding hydrogens is 360 g/mol. The Morgan fingerprint density at radius 3 is 2.78 bits per heavy atom. The van der Waals surface area contributed by atoms with Crippen molar-refractivity contribution in [2.24, 2.45) is 0 Å². The normalized spacial score (nSPS) is 16.3. The summed E-state index contributed by atoms with van der Waals surface area (Å²) in [5.74, 6) is 0.487. The first-order valence-corrected chi connectivity index (χ1v) is 10.4. The zero-order chi connectivity index (χ0) is 19.1. The predicted octanol–water partition coefficient (Wildman–Crippen LogP) is 4.02. The van der Waals surface area contributed by atoms with Crippen molar-refractivity contribution in [2.45, 2.75) is 38.6 Å². The molecule has 2 aromatic rings. The van der Waals surface area contributed by atoms with Gasteiger partial charge in [-0.25, -0.2) is 0 Å². The van der Waals surface area contributed by atoms with Crippen LogP contribution in [0.15, 0.2) is 41.8 Å². The summed E-state index contributed by atoms with van der Waals surface area (Å²) in [6.07, 6.45) is 4.08. The van der Waals surface area contributed by atoms with Crippen LogP contribution in [0.5, 0.6) is 5.75 Å². The lowest BCUT2D eigenvalue weighted by atomic mass is 10.2. The molecule has 2 heterocycles. The number of amides is 2. The van der Waals surface area contributed by atoms with Gasteiger partial charge in [0.2, 0.25) is 5.91 Å². The fourth-order valence-corrected chi connectivity index (χ4v) is 4.11. The monoisotopic (exact) mass is 386 g/mol. The summed E-state index contributed by atoms with van der Waals surface area (Å²) in [5, 5.41) is 4.78. The van der Waals surface area contributed by atoms with Gasteiger partial charge in [0.25, 0.3) is 5.91 Å². The van der Waals surface area contributed by atoms with Gasteiger partial charge in [0, 0.05) is 17.0 Å². The zero-order valence-electron chi connectivity index (χ0n) is 15.6. The Hall–Kier alpha value is -2.34. The molecule has 2 amide bonds. The van der Waals surface area contributed by atoms with E-state index in [9.17, 15) is 9.59 Å². The lowest BCUT2D eigenvalue weighted by Crippen LogP contribution is -2.39. The number of rotatable bonds is 8. The number of hydrogen-bond acceptors (Lipinski definition) is 4. The molecule has 1 N–H and O–H groups in total. The number of nitrogens with one attached hydrogen (secondary N) is 1. The summed E-state index contributed by atoms with van der Waals surface area (Å²) >= 11 is 1.68. The van der Waals surface area contributed by atoms with Crippen molar-refractivity contribution in [3.05, 3.63) is 52.2 Å². The van der Waals surface area contributed by atoms with Crippen molar-refractivity contribution >= 4 is 23.2 Å². The molecular formula is C21H26N2O3S. The average molecular weight is 387 g/mol. The maximum absolute atomic E-state index is 12.6. The number of carbonyl (C=O) groups is 2. The molecule has 6 heteroatoms. The van der Waals surface area contributed by atoms with Gasteiger partial charge in [0.1, 0.15) is 5.75 Å². The van der Waals surface area contributed by atoms with Crippen LogP contribution in [0.25, 0.3) is 0 Å². The number of likely N-dealkylation sites (tertiary alicyclic amines) is 1. The fourth-order valence-electron chi connectivity index (χ4n) is 3.24. The summed E-state index contributed by atoms with van der Waals surface area (Å²) in [6, 6.07) is 11.3. The first kappa shape index (κ1) is 19.4. The Morgan fingerprint density at radius 2 is 2.07 bits per heavy atom. The molecule has 0 bridgehead atoms. The van der Waals surface area contributed by atoms with Crippen molar-refractivity contribution < 1.29 is 14.3 Å². The second kappa shape index (κ2) is 9.55. The maximum atomic E-state index is 12.6. The van der Waals surface area contributed by atoms with Crippen LogP contribution in [0, 0.1) is 0 Å². The Balaban J connectivity index is 1.50. The van der Waals surface area contributed by atoms with Crippen LogP contribution < -0.4 is 10.1 Å². The van der Waals surface area contributed by atoms with E-state index >= 15 is 0 Å². The first-order chi connectivity index (χ1) is 13.2. The molecule has 0 radical (unpaired) electrons. The third kappa shape index (κ3) is 5.10. The molecule has 3 rings (SSSR count). The molecule has 0 saturated carbocycles. The van der Waals surface area contributed by atoms with Crippen molar-refractivity contribution in [3.8, 4) is 5.75 Å². The molecule has 1 aromatic heterocycles. The Bertz CT molecular complexity index is 743. The molecule has 1 unspecified atom stereocenters. The summed E-state index contributed by atoms with van der Waals surface area (Å²) in [4.78, 5) is 28.0. The molecule has 0 aliphatic carbocycles. The number of unbranched alkanes of at least 4 members (excludes halogenated alkanes) is 1. The summed E-state index contributed by atoms with van der Waals surface area (Å²) in [5.41, 5.74) is 0.530. The van der Waals surface area contributed by atoms with Crippen molar-refractivity contribution in [1.82, 2.24) is 10.2 Å². The SMILES string of the molecule is CCCCOc1ccc(C(=O)NCC(=O)N2CCCC2c2cccs2)cc1. The van der Waals surface area contributed by atoms with Gasteiger partial charge in [0.05, 0.1) is 19.2 Å². The highest BCUT2D eigenvalue weighted by atomic mass is 32.1. The van der Waals surface area contributed by atoms with Gasteiger partial charge in [-0.05, 0) is 55.0 Å². The molecule has 1 fully saturated rings. The summed E-state index contributed by atoms with van der Waals surface area (Å²) < 4.78 is 5.60. The van der Waals surface area contributed by atoms with Crippen LogP contribution in [0.3, 0.4) is 0 Å². The minimum atomic E-state index is -0.240. The summed E-state index contributed by atoms with van der Waals surface area (Å²) in [6.45, 7) is 3.57. The van der Waals surface area contributed by atoms with Crippen LogP contribution in [0.1, 0.15) is 53.9 Å². The van der Waals surface area contributed by atoms with Crippen LogP contribution in [-0.4, -0.2) is 36.4 Å². The average Bonchev–Trinajstić information content (AvgIpc) is 3.37. The van der Waals surface area contributed by atoms with E-state index in [0.717, 1.165) is 38.0 Å². The van der Waals surface area contributed by atoms with E-state index in [1.54, 1.807) is 35.6 Å². The lowest BCUT2D eigenvalue weighted by molar-refractivity contribution is -0.131. The van der Waals surface area contributed by atoms with Gasteiger partial charge in [-0.3, -0.25) is 9.59 Å². The Kier molecular flexibility index (Phi) is 6.87. The smallest absolute Gasteiger partial charge is 0.251 e. The van der Waals surface area contributed by atoms with E-state index in [1.807, 2.05) is 16.3 Å². The molecule has 1 saturated heterocycles. The highest BCUT2D eigenvalue weighted by Crippen LogP contribution is 2.34. The van der Waals surface area contributed by atoms with Gasteiger partial charge < -0.3 is 15.0 Å². The minimum Gasteiger partial charge on any atom is -0.494 e. The number of nitrogens with zero attached hydrogens (tertiary/aromatic N) is 1. The van der Waals surface area contributed by atoms with Crippen LogP contribution in [-0.2, 0) is 4.79 Å². The fraction of sp³-hybridized carbons (Fsp3) is 0.429. The number of hydrogen-bond donors (Lipinski definition) is 1. The van der Waals surface area contributed by atoms with Gasteiger partial charge in [0.15, 0.2) is 0 Å². The van der Waals surface area contributed by atoms with Gasteiger partial charge >= 0.3 is 0 Å². The van der Waals surface area contributed by atoms with Gasteiger partial charge in [-0.15, -0.1) is 11.3 Å². The lowest BCUT2D eigenvalue weighted by Gasteiger charge is -2.24. The van der Waals surface area contributed by atoms with Crippen molar-refractivity contribution in [2.75, 3.05) is 19.7 Å². The molecule has 1 aliphatic rings. The van der Waals surface area contributed by atoms with E-state index in [2.05, 4.69) is 18.3 Å². The van der Waals surface area contributed by atoms with Gasteiger partial charge in [-0.1, -0.05) is 19.4 Å². The summed E-state index contributed by atoms with van der Waals surface area (Å²) in [7, 11) is 0. The third-order valence-corrected chi connectivity index (χ3v) is 5.70. The Morgan fingerprint density at radius 1 is 1.26 bits per heavy atom. The van der Waals surface area contributed by atoms with E-state index in [-0.39, 0.29) is 24.4 Å². The molecule has 1 aliphatic heterocycles. The Labute approximate surface area is 164 Å². The molecule has 0 spiro atoms. The largest absolute Gasteiger partial charge is 0.494 e. The quantitative estimate of drug-likeness (QED) is 0.697. The van der Waals surface area contributed by atoms with E-state index in [1.165, 1.54) is 4.88 Å². The maximum Gasteiger partial charge on any atom is 0.251 e. The zero-order valence-corrected chi connectivity index (χ0v) is 16.5. The predicted molar refractivity (Wildman–Crippen MR) is 107 cm³/mol. The van der Waals surface area contributed by atoms with E-state index < -0.39 is 0 Å². The minimum absolute atomic E-state index is 0.0233. The second-order valence-electron chi connectivity index (χ2n) is 6.67. The number of benzene rings is 1.